The van der Waals surface area contributed by atoms with Crippen molar-refractivity contribution in [2.45, 2.75) is 45.3 Å². The lowest BCUT2D eigenvalue weighted by atomic mass is 10.1. The fraction of sp³-hybridized carbons (Fsp3) is 0.857. The van der Waals surface area contributed by atoms with Crippen molar-refractivity contribution < 1.29 is 28.9 Å². The highest BCUT2D eigenvalue weighted by atomic mass is 16.6. The van der Waals surface area contributed by atoms with E-state index < -0.39 is 11.6 Å². The van der Waals surface area contributed by atoms with Crippen LogP contribution in [0.25, 0.3) is 0 Å². The fourth-order valence-corrected chi connectivity index (χ4v) is 1.96. The molecule has 0 spiro atoms. The van der Waals surface area contributed by atoms with Gasteiger partial charge in [0.2, 0.25) is 0 Å². The molecule has 0 bridgehead atoms. The number of carboxylic acids is 1. The number of carbonyl (C=O) groups is 2. The van der Waals surface area contributed by atoms with Gasteiger partial charge in [0.1, 0.15) is 12.2 Å². The number of hydrogen-bond donors (Lipinski definition) is 1. The number of carboxylic acid groups (broad SMARTS) is 1. The Hall–Kier alpha value is -1.34. The van der Waals surface area contributed by atoms with Crippen LogP contribution in [0.15, 0.2) is 0 Å². The summed E-state index contributed by atoms with van der Waals surface area (Å²) in [5.74, 6) is -0.985. The largest absolute Gasteiger partial charge is 0.480 e. The number of likely N-dealkylation sites (tertiary alicyclic amines) is 1. The van der Waals surface area contributed by atoms with Crippen molar-refractivity contribution in [3.8, 4) is 0 Å². The Morgan fingerprint density at radius 2 is 1.81 bits per heavy atom. The summed E-state index contributed by atoms with van der Waals surface area (Å²) in [6.45, 7) is 7.07. The van der Waals surface area contributed by atoms with E-state index in [2.05, 4.69) is 0 Å². The van der Waals surface area contributed by atoms with Crippen LogP contribution in [0, 0.1) is 0 Å². The Morgan fingerprint density at radius 1 is 1.19 bits per heavy atom. The molecule has 1 fully saturated rings. The number of hydrogen-bond acceptors (Lipinski definition) is 5. The van der Waals surface area contributed by atoms with Gasteiger partial charge in [0.25, 0.3) is 0 Å². The highest BCUT2D eigenvalue weighted by molar-refractivity contribution is 5.68. The van der Waals surface area contributed by atoms with E-state index in [1.165, 1.54) is 0 Å². The van der Waals surface area contributed by atoms with Gasteiger partial charge in [-0.2, -0.15) is 0 Å². The van der Waals surface area contributed by atoms with Crippen LogP contribution in [0.1, 0.15) is 33.6 Å². The molecule has 1 heterocycles. The maximum absolute atomic E-state index is 11.9. The second-order valence-electron chi connectivity index (χ2n) is 5.98. The summed E-state index contributed by atoms with van der Waals surface area (Å²) in [7, 11) is 0. The van der Waals surface area contributed by atoms with Crippen LogP contribution in [0.2, 0.25) is 0 Å². The molecule has 0 unspecified atom stereocenters. The third-order valence-electron chi connectivity index (χ3n) is 2.90. The summed E-state index contributed by atoms with van der Waals surface area (Å²) in [5.41, 5.74) is -0.480. The molecule has 0 aromatic heterocycles. The third-order valence-corrected chi connectivity index (χ3v) is 2.90. The number of carbonyl (C=O) groups excluding carboxylic acids is 1. The minimum atomic E-state index is -0.985. The molecule has 1 amide bonds. The zero-order valence-corrected chi connectivity index (χ0v) is 13.0. The van der Waals surface area contributed by atoms with Gasteiger partial charge in [-0.3, -0.25) is 0 Å². The SMILES string of the molecule is CC(C)(C)OC(=O)N1CCC(OCCOCC(=O)O)CC1. The van der Waals surface area contributed by atoms with Crippen molar-refractivity contribution in [3.63, 3.8) is 0 Å². The van der Waals surface area contributed by atoms with Crippen molar-refractivity contribution in [1.82, 2.24) is 4.90 Å². The van der Waals surface area contributed by atoms with E-state index in [-0.39, 0.29) is 25.4 Å². The Bertz CT molecular complexity index is 344. The number of aliphatic carboxylic acids is 1. The first-order valence-electron chi connectivity index (χ1n) is 7.17. The Morgan fingerprint density at radius 3 is 2.33 bits per heavy atom. The lowest BCUT2D eigenvalue weighted by molar-refractivity contribution is -0.143. The molecule has 0 radical (unpaired) electrons. The van der Waals surface area contributed by atoms with Crippen molar-refractivity contribution in [2.75, 3.05) is 32.9 Å². The summed E-state index contributed by atoms with van der Waals surface area (Å²) in [6.07, 6.45) is 1.29. The van der Waals surface area contributed by atoms with E-state index in [4.69, 9.17) is 19.3 Å². The molecule has 0 saturated carbocycles. The normalized spacial score (nSPS) is 16.8. The summed E-state index contributed by atoms with van der Waals surface area (Å²) in [6, 6.07) is 0. The molecule has 0 atom stereocenters. The number of nitrogens with zero attached hydrogens (tertiary/aromatic N) is 1. The Balaban J connectivity index is 2.14. The minimum absolute atomic E-state index is 0.0807. The molecule has 0 aromatic carbocycles. The standard InChI is InChI=1S/C14H25NO6/c1-14(2,3)21-13(18)15-6-4-11(5-7-15)20-9-8-19-10-12(16)17/h11H,4-10H2,1-3H3,(H,16,17). The van der Waals surface area contributed by atoms with Gasteiger partial charge in [0.15, 0.2) is 0 Å². The topological polar surface area (TPSA) is 85.3 Å². The summed E-state index contributed by atoms with van der Waals surface area (Å²) < 4.78 is 15.8. The molecule has 0 aliphatic carbocycles. The van der Waals surface area contributed by atoms with E-state index in [1.54, 1.807) is 4.90 Å². The average Bonchev–Trinajstić information content (AvgIpc) is 2.36. The third kappa shape index (κ3) is 7.87. The van der Waals surface area contributed by atoms with Gasteiger partial charge in [-0.25, -0.2) is 9.59 Å². The lowest BCUT2D eigenvalue weighted by Gasteiger charge is -2.33. The van der Waals surface area contributed by atoms with Gasteiger partial charge >= 0.3 is 12.1 Å². The minimum Gasteiger partial charge on any atom is -0.480 e. The summed E-state index contributed by atoms with van der Waals surface area (Å²) in [4.78, 5) is 23.8. The molecule has 1 N–H and O–H groups in total. The van der Waals surface area contributed by atoms with Crippen molar-refractivity contribution in [1.29, 1.82) is 0 Å². The van der Waals surface area contributed by atoms with Gasteiger partial charge in [0.05, 0.1) is 19.3 Å². The van der Waals surface area contributed by atoms with Crippen LogP contribution in [0.5, 0.6) is 0 Å². The molecule has 7 heteroatoms. The van der Waals surface area contributed by atoms with Crippen LogP contribution in [0.4, 0.5) is 4.79 Å². The van der Waals surface area contributed by atoms with Gasteiger partial charge in [-0.15, -0.1) is 0 Å². The maximum Gasteiger partial charge on any atom is 0.410 e. The van der Waals surface area contributed by atoms with E-state index in [9.17, 15) is 9.59 Å². The predicted octanol–water partition coefficient (Wildman–Crippen LogP) is 1.50. The summed E-state index contributed by atoms with van der Waals surface area (Å²) >= 11 is 0. The molecular weight excluding hydrogens is 278 g/mol. The van der Waals surface area contributed by atoms with Gasteiger partial charge < -0.3 is 24.2 Å². The highest BCUT2D eigenvalue weighted by Gasteiger charge is 2.26. The van der Waals surface area contributed by atoms with Crippen molar-refractivity contribution in [2.24, 2.45) is 0 Å². The van der Waals surface area contributed by atoms with Crippen LogP contribution in [-0.2, 0) is 19.0 Å². The quantitative estimate of drug-likeness (QED) is 0.749. The second-order valence-corrected chi connectivity index (χ2v) is 5.98. The molecule has 7 nitrogen and oxygen atoms in total. The molecule has 1 saturated heterocycles. The first-order chi connectivity index (χ1) is 9.78. The number of amides is 1. The zero-order valence-electron chi connectivity index (χ0n) is 13.0. The molecule has 0 aromatic rings. The number of rotatable bonds is 6. The Labute approximate surface area is 125 Å². The second kappa shape index (κ2) is 8.19. The Kier molecular flexibility index (Phi) is 6.91. The molecule has 1 rings (SSSR count). The molecule has 1 aliphatic heterocycles. The summed E-state index contributed by atoms with van der Waals surface area (Å²) in [5, 5.41) is 8.41. The first kappa shape index (κ1) is 17.7. The van der Waals surface area contributed by atoms with Gasteiger partial charge in [0, 0.05) is 13.1 Å². The van der Waals surface area contributed by atoms with Crippen molar-refractivity contribution >= 4 is 12.1 Å². The molecule has 21 heavy (non-hydrogen) atoms. The maximum atomic E-state index is 11.9. The van der Waals surface area contributed by atoms with Crippen LogP contribution in [-0.4, -0.2) is 66.7 Å². The predicted molar refractivity (Wildman–Crippen MR) is 75.2 cm³/mol. The molecular formula is C14H25NO6. The van der Waals surface area contributed by atoms with Crippen molar-refractivity contribution in [3.05, 3.63) is 0 Å². The fourth-order valence-electron chi connectivity index (χ4n) is 1.96. The first-order valence-corrected chi connectivity index (χ1v) is 7.17. The average molecular weight is 303 g/mol. The van der Waals surface area contributed by atoms with E-state index in [1.807, 2.05) is 20.8 Å². The van der Waals surface area contributed by atoms with Gasteiger partial charge in [-0.05, 0) is 33.6 Å². The molecule has 122 valence electrons. The number of piperidine rings is 1. The monoisotopic (exact) mass is 303 g/mol. The number of ether oxygens (including phenoxy) is 3. The van der Waals surface area contributed by atoms with Gasteiger partial charge in [-0.1, -0.05) is 0 Å². The van der Waals surface area contributed by atoms with Crippen LogP contribution < -0.4 is 0 Å². The van der Waals surface area contributed by atoms with E-state index >= 15 is 0 Å². The zero-order chi connectivity index (χ0) is 15.9. The smallest absolute Gasteiger partial charge is 0.410 e. The highest BCUT2D eigenvalue weighted by Crippen LogP contribution is 2.17. The molecule has 1 aliphatic rings. The van der Waals surface area contributed by atoms with Crippen LogP contribution >= 0.6 is 0 Å². The van der Waals surface area contributed by atoms with E-state index in [0.717, 1.165) is 12.8 Å². The lowest BCUT2D eigenvalue weighted by Crippen LogP contribution is -2.43. The van der Waals surface area contributed by atoms with Crippen LogP contribution in [0.3, 0.4) is 0 Å². The van der Waals surface area contributed by atoms with E-state index in [0.29, 0.717) is 19.7 Å².